The van der Waals surface area contributed by atoms with Crippen LogP contribution >= 0.6 is 27.3 Å². The minimum absolute atomic E-state index is 0.0200. The number of Topliss-reactive ketones (excluding diaryl/α,β-unsaturated/α-hetero) is 1. The molecular weight excluding hydrogens is 292 g/mol. The summed E-state index contributed by atoms with van der Waals surface area (Å²) in [4.78, 5) is 12.4. The van der Waals surface area contributed by atoms with Crippen molar-refractivity contribution in [1.29, 1.82) is 0 Å². The maximum atomic E-state index is 11.7. The summed E-state index contributed by atoms with van der Waals surface area (Å²) in [6, 6.07) is 5.45. The molecule has 5 heteroatoms. The monoisotopic (exact) mass is 300 g/mol. The number of rotatable bonds is 5. The van der Waals surface area contributed by atoms with Crippen LogP contribution in [0.4, 0.5) is 0 Å². The summed E-state index contributed by atoms with van der Waals surface area (Å²) in [5, 5.41) is 1.86. The lowest BCUT2D eigenvalue weighted by Gasteiger charge is -2.00. The summed E-state index contributed by atoms with van der Waals surface area (Å²) in [5.41, 5.74) is 0. The SMILES string of the molecule is O=C(COCc1ccco1)c1sccc1Br. The van der Waals surface area contributed by atoms with Crippen LogP contribution in [-0.4, -0.2) is 12.4 Å². The van der Waals surface area contributed by atoms with Crippen LogP contribution in [0.5, 0.6) is 0 Å². The second-order valence-electron chi connectivity index (χ2n) is 3.09. The molecule has 0 saturated carbocycles. The summed E-state index contributed by atoms with van der Waals surface area (Å²) in [6.07, 6.45) is 1.58. The van der Waals surface area contributed by atoms with E-state index in [1.165, 1.54) is 11.3 Å². The second-order valence-corrected chi connectivity index (χ2v) is 4.86. The Bertz CT molecular complexity index is 461. The molecule has 0 spiro atoms. The van der Waals surface area contributed by atoms with E-state index >= 15 is 0 Å². The molecule has 0 saturated heterocycles. The summed E-state index contributed by atoms with van der Waals surface area (Å²) < 4.78 is 11.2. The fourth-order valence-electron chi connectivity index (χ4n) is 1.20. The van der Waals surface area contributed by atoms with Gasteiger partial charge in [-0.05, 0) is 39.5 Å². The van der Waals surface area contributed by atoms with Crippen LogP contribution in [-0.2, 0) is 11.3 Å². The quantitative estimate of drug-likeness (QED) is 0.793. The van der Waals surface area contributed by atoms with Crippen molar-refractivity contribution in [2.24, 2.45) is 0 Å². The maximum absolute atomic E-state index is 11.7. The molecule has 2 rings (SSSR count). The number of carbonyl (C=O) groups is 1. The van der Waals surface area contributed by atoms with Crippen molar-refractivity contribution in [1.82, 2.24) is 0 Å². The van der Waals surface area contributed by atoms with Crippen molar-refractivity contribution in [3.8, 4) is 0 Å². The fourth-order valence-corrected chi connectivity index (χ4v) is 2.72. The van der Waals surface area contributed by atoms with E-state index in [0.717, 1.165) is 10.2 Å². The highest BCUT2D eigenvalue weighted by Crippen LogP contribution is 2.23. The van der Waals surface area contributed by atoms with E-state index in [0.29, 0.717) is 11.5 Å². The number of halogens is 1. The van der Waals surface area contributed by atoms with Gasteiger partial charge in [0.25, 0.3) is 0 Å². The van der Waals surface area contributed by atoms with Gasteiger partial charge in [-0.1, -0.05) is 0 Å². The molecule has 3 nitrogen and oxygen atoms in total. The molecule has 0 aliphatic rings. The van der Waals surface area contributed by atoms with Crippen LogP contribution in [0.3, 0.4) is 0 Å². The van der Waals surface area contributed by atoms with Gasteiger partial charge < -0.3 is 9.15 Å². The Morgan fingerprint density at radius 1 is 1.50 bits per heavy atom. The molecule has 0 aliphatic heterocycles. The summed E-state index contributed by atoms with van der Waals surface area (Å²) in [6.45, 7) is 0.390. The first-order valence-corrected chi connectivity index (χ1v) is 6.31. The third-order valence-corrected chi connectivity index (χ3v) is 3.81. The smallest absolute Gasteiger partial charge is 0.199 e. The summed E-state index contributed by atoms with van der Waals surface area (Å²) in [5.74, 6) is 0.700. The molecule has 0 atom stereocenters. The topological polar surface area (TPSA) is 39.4 Å². The zero-order valence-electron chi connectivity index (χ0n) is 8.31. The molecule has 0 amide bonds. The van der Waals surface area contributed by atoms with E-state index in [4.69, 9.17) is 9.15 Å². The second kappa shape index (κ2) is 5.43. The van der Waals surface area contributed by atoms with Gasteiger partial charge in [-0.15, -0.1) is 11.3 Å². The average Bonchev–Trinajstić information content (AvgIpc) is 2.88. The van der Waals surface area contributed by atoms with Gasteiger partial charge >= 0.3 is 0 Å². The van der Waals surface area contributed by atoms with E-state index in [-0.39, 0.29) is 12.4 Å². The molecule has 2 heterocycles. The van der Waals surface area contributed by atoms with Crippen molar-refractivity contribution in [3.05, 3.63) is 45.0 Å². The van der Waals surface area contributed by atoms with E-state index in [9.17, 15) is 4.79 Å². The van der Waals surface area contributed by atoms with Gasteiger partial charge in [-0.2, -0.15) is 0 Å². The number of carbonyl (C=O) groups excluding carboxylic acids is 1. The highest BCUT2D eigenvalue weighted by molar-refractivity contribution is 9.10. The Labute approximate surface area is 105 Å². The zero-order valence-corrected chi connectivity index (χ0v) is 10.7. The number of hydrogen-bond acceptors (Lipinski definition) is 4. The van der Waals surface area contributed by atoms with E-state index in [1.807, 2.05) is 17.5 Å². The molecule has 2 aromatic heterocycles. The maximum Gasteiger partial charge on any atom is 0.199 e. The van der Waals surface area contributed by atoms with Gasteiger partial charge in [0, 0.05) is 4.47 Å². The van der Waals surface area contributed by atoms with Gasteiger partial charge in [-0.3, -0.25) is 4.79 Å². The molecule has 0 aromatic carbocycles. The lowest BCUT2D eigenvalue weighted by molar-refractivity contribution is 0.0694. The highest BCUT2D eigenvalue weighted by Gasteiger charge is 2.11. The Morgan fingerprint density at radius 2 is 2.38 bits per heavy atom. The molecule has 0 radical (unpaired) electrons. The van der Waals surface area contributed by atoms with Crippen molar-refractivity contribution in [3.63, 3.8) is 0 Å². The normalized spacial score (nSPS) is 10.6. The number of ketones is 1. The van der Waals surface area contributed by atoms with Gasteiger partial charge in [0.15, 0.2) is 5.78 Å². The first-order valence-electron chi connectivity index (χ1n) is 4.63. The van der Waals surface area contributed by atoms with Crippen LogP contribution in [0, 0.1) is 0 Å². The highest BCUT2D eigenvalue weighted by atomic mass is 79.9. The predicted molar refractivity (Wildman–Crippen MR) is 64.7 cm³/mol. The number of thiophene rings is 1. The van der Waals surface area contributed by atoms with Crippen LogP contribution < -0.4 is 0 Å². The van der Waals surface area contributed by atoms with Crippen LogP contribution in [0.15, 0.2) is 38.7 Å². The largest absolute Gasteiger partial charge is 0.467 e. The standard InChI is InChI=1S/C11H9BrO3S/c12-9-3-5-16-11(9)10(13)7-14-6-8-2-1-4-15-8/h1-5H,6-7H2. The number of ether oxygens (including phenoxy) is 1. The molecule has 0 fully saturated rings. The van der Waals surface area contributed by atoms with Crippen LogP contribution in [0.1, 0.15) is 15.4 Å². The minimum Gasteiger partial charge on any atom is -0.467 e. The molecule has 0 bridgehead atoms. The molecular formula is C11H9BrO3S. The van der Waals surface area contributed by atoms with E-state index in [2.05, 4.69) is 15.9 Å². The van der Waals surface area contributed by atoms with Gasteiger partial charge in [0.05, 0.1) is 11.1 Å². The zero-order chi connectivity index (χ0) is 11.4. The van der Waals surface area contributed by atoms with Gasteiger partial charge in [-0.25, -0.2) is 0 Å². The first kappa shape index (κ1) is 11.6. The molecule has 0 unspecified atom stereocenters. The lowest BCUT2D eigenvalue weighted by Crippen LogP contribution is -2.07. The Hall–Kier alpha value is -0.910. The molecule has 0 N–H and O–H groups in total. The first-order chi connectivity index (χ1) is 7.77. The lowest BCUT2D eigenvalue weighted by atomic mass is 10.3. The van der Waals surface area contributed by atoms with Crippen molar-refractivity contribution >= 4 is 33.0 Å². The summed E-state index contributed by atoms with van der Waals surface area (Å²) in [7, 11) is 0. The number of furan rings is 1. The number of hydrogen-bond donors (Lipinski definition) is 0. The van der Waals surface area contributed by atoms with Gasteiger partial charge in [0.1, 0.15) is 19.0 Å². The average molecular weight is 301 g/mol. The fraction of sp³-hybridized carbons (Fsp3) is 0.182. The van der Waals surface area contributed by atoms with E-state index < -0.39 is 0 Å². The Kier molecular flexibility index (Phi) is 3.93. The third-order valence-electron chi connectivity index (χ3n) is 1.93. The minimum atomic E-state index is -0.0200. The van der Waals surface area contributed by atoms with Crippen molar-refractivity contribution in [2.45, 2.75) is 6.61 Å². The molecule has 0 aliphatic carbocycles. The Balaban J connectivity index is 1.83. The van der Waals surface area contributed by atoms with Crippen LogP contribution in [0.25, 0.3) is 0 Å². The van der Waals surface area contributed by atoms with Crippen molar-refractivity contribution < 1.29 is 13.9 Å². The summed E-state index contributed by atoms with van der Waals surface area (Å²) >= 11 is 4.72. The van der Waals surface area contributed by atoms with E-state index in [1.54, 1.807) is 12.3 Å². The van der Waals surface area contributed by atoms with Crippen molar-refractivity contribution in [2.75, 3.05) is 6.61 Å². The molecule has 2 aromatic rings. The van der Waals surface area contributed by atoms with Gasteiger partial charge in [0.2, 0.25) is 0 Å². The third kappa shape index (κ3) is 2.81. The predicted octanol–water partition coefficient (Wildman–Crippen LogP) is 3.50. The molecule has 84 valence electrons. The molecule has 16 heavy (non-hydrogen) atoms. The van der Waals surface area contributed by atoms with Crippen LogP contribution in [0.2, 0.25) is 0 Å². The Morgan fingerprint density at radius 3 is 3.00 bits per heavy atom.